The first-order chi connectivity index (χ1) is 25.5. The number of hydrogen-bond donors (Lipinski definition) is 2. The van der Waals surface area contributed by atoms with Crippen molar-refractivity contribution in [3.63, 3.8) is 0 Å². The van der Waals surface area contributed by atoms with Crippen molar-refractivity contribution in [2.75, 3.05) is 13.2 Å². The molecule has 3 unspecified atom stereocenters. The van der Waals surface area contributed by atoms with Gasteiger partial charge < -0.3 is 24.8 Å². The summed E-state index contributed by atoms with van der Waals surface area (Å²) in [7, 11) is 0. The molecule has 0 radical (unpaired) electrons. The van der Waals surface area contributed by atoms with Gasteiger partial charge in [0.15, 0.2) is 5.82 Å². The highest BCUT2D eigenvalue weighted by Crippen LogP contribution is 2.40. The molecule has 2 N–H and O–H groups in total. The first kappa shape index (κ1) is 39.0. The lowest BCUT2D eigenvalue weighted by molar-refractivity contribution is -0.149. The maximum atomic E-state index is 14.2. The lowest BCUT2D eigenvalue weighted by Gasteiger charge is -2.39. The van der Waals surface area contributed by atoms with Gasteiger partial charge in [-0.15, -0.1) is 0 Å². The Hall–Kier alpha value is -5.25. The third-order valence-electron chi connectivity index (χ3n) is 9.72. The normalized spacial score (nSPS) is 15.4. The van der Waals surface area contributed by atoms with Crippen molar-refractivity contribution in [1.82, 2.24) is 20.2 Å². The van der Waals surface area contributed by atoms with Gasteiger partial charge in [-0.2, -0.15) is 0 Å². The molecule has 1 aliphatic heterocycles. The first-order valence-electron chi connectivity index (χ1n) is 18.7. The van der Waals surface area contributed by atoms with Crippen LogP contribution in [-0.2, 0) is 20.9 Å². The van der Waals surface area contributed by atoms with Gasteiger partial charge in [-0.05, 0) is 53.5 Å². The number of amides is 2. The van der Waals surface area contributed by atoms with E-state index in [-0.39, 0.29) is 6.61 Å². The van der Waals surface area contributed by atoms with E-state index in [1.807, 2.05) is 99.6 Å². The number of likely N-dealkylation sites (tertiary alicyclic amines) is 1. The highest BCUT2D eigenvalue weighted by molar-refractivity contribution is 5.90. The van der Waals surface area contributed by atoms with Gasteiger partial charge in [-0.3, -0.25) is 4.79 Å². The van der Waals surface area contributed by atoms with Gasteiger partial charge in [0, 0.05) is 36.0 Å². The number of ether oxygens (including phenoxy) is 2. The Morgan fingerprint density at radius 1 is 0.868 bits per heavy atom. The molecule has 2 heterocycles. The Bertz CT molecular complexity index is 1770. The molecular weight excluding hydrogens is 668 g/mol. The number of carbonyl (C=O) groups excluding carboxylic acids is 2. The van der Waals surface area contributed by atoms with Crippen molar-refractivity contribution >= 4 is 18.0 Å². The molecule has 1 aromatic heterocycles. The van der Waals surface area contributed by atoms with Crippen LogP contribution in [0.4, 0.5) is 4.79 Å². The van der Waals surface area contributed by atoms with E-state index in [4.69, 9.17) is 9.47 Å². The summed E-state index contributed by atoms with van der Waals surface area (Å²) in [6.07, 6.45) is 9.76. The van der Waals surface area contributed by atoms with E-state index in [0.717, 1.165) is 40.0 Å². The maximum Gasteiger partial charge on any atom is 0.408 e. The van der Waals surface area contributed by atoms with Crippen LogP contribution in [-0.4, -0.2) is 63.2 Å². The van der Waals surface area contributed by atoms with Crippen LogP contribution in [0.2, 0.25) is 0 Å². The van der Waals surface area contributed by atoms with Gasteiger partial charge in [0.1, 0.15) is 24.4 Å². The zero-order valence-electron chi connectivity index (χ0n) is 31.3. The number of carboxylic acid groups (broad SMARTS) is 1. The minimum atomic E-state index is -1.08. The van der Waals surface area contributed by atoms with Crippen molar-refractivity contribution in [3.8, 4) is 28.3 Å². The predicted molar refractivity (Wildman–Crippen MR) is 205 cm³/mol. The molecule has 3 atom stereocenters. The Kier molecular flexibility index (Phi) is 13.6. The van der Waals surface area contributed by atoms with Crippen LogP contribution in [0.15, 0.2) is 91.3 Å². The second kappa shape index (κ2) is 18.5. The molecule has 1 saturated heterocycles. The number of benzene rings is 3. The summed E-state index contributed by atoms with van der Waals surface area (Å²) in [5, 5.41) is 12.7. The number of nitrogens with one attached hydrogen (secondary N) is 1. The maximum absolute atomic E-state index is 14.2. The summed E-state index contributed by atoms with van der Waals surface area (Å²) < 4.78 is 11.5. The van der Waals surface area contributed by atoms with E-state index in [1.54, 1.807) is 12.4 Å². The molecule has 0 spiro atoms. The average molecular weight is 721 g/mol. The van der Waals surface area contributed by atoms with Crippen LogP contribution in [0.1, 0.15) is 89.7 Å². The fourth-order valence-corrected chi connectivity index (χ4v) is 6.94. The molecule has 4 aromatic rings. The minimum absolute atomic E-state index is 0.0295. The summed E-state index contributed by atoms with van der Waals surface area (Å²) in [4.78, 5) is 50.3. The second-order valence-electron chi connectivity index (χ2n) is 14.8. The van der Waals surface area contributed by atoms with E-state index in [2.05, 4.69) is 22.2 Å². The molecule has 53 heavy (non-hydrogen) atoms. The second-order valence-corrected chi connectivity index (χ2v) is 14.8. The number of hydrogen-bond acceptors (Lipinski definition) is 7. The van der Waals surface area contributed by atoms with Crippen LogP contribution < -0.4 is 10.1 Å². The summed E-state index contributed by atoms with van der Waals surface area (Å²) >= 11 is 0. The largest absolute Gasteiger partial charge is 0.494 e. The van der Waals surface area contributed by atoms with Gasteiger partial charge >= 0.3 is 12.1 Å². The third kappa shape index (κ3) is 10.7. The molecule has 1 aliphatic rings. The van der Waals surface area contributed by atoms with Crippen LogP contribution in [0.25, 0.3) is 22.5 Å². The molecular formula is C43H52N4O6. The topological polar surface area (TPSA) is 131 Å². The number of aliphatic carboxylic acids is 1. The van der Waals surface area contributed by atoms with Gasteiger partial charge in [0.2, 0.25) is 5.91 Å². The lowest BCUT2D eigenvalue weighted by Crippen LogP contribution is -2.56. The van der Waals surface area contributed by atoms with Gasteiger partial charge in [-0.1, -0.05) is 120 Å². The van der Waals surface area contributed by atoms with E-state index in [1.165, 1.54) is 30.6 Å². The van der Waals surface area contributed by atoms with Crippen LogP contribution >= 0.6 is 0 Å². The van der Waals surface area contributed by atoms with Gasteiger partial charge in [0.05, 0.1) is 6.61 Å². The predicted octanol–water partition coefficient (Wildman–Crippen LogP) is 8.66. The van der Waals surface area contributed by atoms with Crippen LogP contribution in [0, 0.1) is 5.41 Å². The summed E-state index contributed by atoms with van der Waals surface area (Å²) in [6, 6.07) is 22.9. The molecule has 5 rings (SSSR count). The number of alkyl carbamates (subject to hydrolysis) is 1. The van der Waals surface area contributed by atoms with Gasteiger partial charge in [-0.25, -0.2) is 19.6 Å². The molecule has 280 valence electrons. The zero-order valence-corrected chi connectivity index (χ0v) is 31.3. The standard InChI is InChI=1S/C43H52N4O6/c1-5-6-7-8-12-26-52-35-23-21-31(22-24-35)34-27-44-39(45-28-34)33-19-17-32(18-20-33)37(43(2,3)4)38(40(48)47-25-13-16-36(47)41(49)50)46-42(51)53-29-30-14-10-9-11-15-30/h9-11,14-15,17-24,27-28,36-38H,5-8,12-13,16,25-26,29H2,1-4H3,(H,46,51)(H,49,50). The highest BCUT2D eigenvalue weighted by atomic mass is 16.5. The van der Waals surface area contributed by atoms with E-state index in [9.17, 15) is 19.5 Å². The molecule has 1 fully saturated rings. The molecule has 3 aromatic carbocycles. The Morgan fingerprint density at radius 2 is 1.53 bits per heavy atom. The van der Waals surface area contributed by atoms with Crippen molar-refractivity contribution in [3.05, 3.63) is 102 Å². The minimum Gasteiger partial charge on any atom is -0.494 e. The van der Waals surface area contributed by atoms with Crippen molar-refractivity contribution < 1.29 is 29.0 Å². The third-order valence-corrected chi connectivity index (χ3v) is 9.72. The number of nitrogens with zero attached hydrogens (tertiary/aromatic N) is 3. The fourth-order valence-electron chi connectivity index (χ4n) is 6.94. The highest BCUT2D eigenvalue weighted by Gasteiger charge is 2.44. The Morgan fingerprint density at radius 3 is 2.17 bits per heavy atom. The number of unbranched alkanes of at least 4 members (excludes halogenated alkanes) is 4. The van der Waals surface area contributed by atoms with E-state index >= 15 is 0 Å². The van der Waals surface area contributed by atoms with Crippen LogP contribution in [0.5, 0.6) is 5.75 Å². The SMILES string of the molecule is CCCCCCCOc1ccc(-c2cnc(-c3ccc(C(C(NC(=O)OCc4ccccc4)C(=O)N4CCCC4C(=O)O)C(C)(C)C)cc3)nc2)cc1. The number of aromatic nitrogens is 2. The zero-order chi connectivity index (χ0) is 37.8. The number of rotatable bonds is 16. The number of carboxylic acids is 1. The molecule has 2 amide bonds. The summed E-state index contributed by atoms with van der Waals surface area (Å²) in [5.41, 5.74) is 3.75. The van der Waals surface area contributed by atoms with E-state index in [0.29, 0.717) is 31.8 Å². The van der Waals surface area contributed by atoms with Gasteiger partial charge in [0.25, 0.3) is 0 Å². The molecule has 0 bridgehead atoms. The Labute approximate surface area is 313 Å². The molecule has 0 saturated carbocycles. The summed E-state index contributed by atoms with van der Waals surface area (Å²) in [6.45, 7) is 9.25. The van der Waals surface area contributed by atoms with E-state index < -0.39 is 41.4 Å². The monoisotopic (exact) mass is 720 g/mol. The Balaban J connectivity index is 1.32. The van der Waals surface area contributed by atoms with Crippen molar-refractivity contribution in [2.45, 2.75) is 97.2 Å². The molecule has 10 nitrogen and oxygen atoms in total. The first-order valence-corrected chi connectivity index (χ1v) is 18.7. The quantitative estimate of drug-likeness (QED) is 0.110. The fraction of sp³-hybridized carbons (Fsp3) is 0.419. The van der Waals surface area contributed by atoms with Crippen LogP contribution in [0.3, 0.4) is 0 Å². The smallest absolute Gasteiger partial charge is 0.408 e. The lowest BCUT2D eigenvalue weighted by atomic mass is 9.71. The number of carbonyl (C=O) groups is 3. The molecule has 0 aliphatic carbocycles. The van der Waals surface area contributed by atoms with Crippen molar-refractivity contribution in [2.24, 2.45) is 5.41 Å². The molecule has 10 heteroatoms. The summed E-state index contributed by atoms with van der Waals surface area (Å²) in [5.74, 6) is -0.636. The average Bonchev–Trinajstić information content (AvgIpc) is 3.66. The van der Waals surface area contributed by atoms with Crippen molar-refractivity contribution in [1.29, 1.82) is 0 Å².